The van der Waals surface area contributed by atoms with Crippen LogP contribution in [0, 0.1) is 6.92 Å². The van der Waals surface area contributed by atoms with E-state index in [4.69, 9.17) is 9.47 Å². The van der Waals surface area contributed by atoms with E-state index in [0.29, 0.717) is 23.8 Å². The van der Waals surface area contributed by atoms with Crippen LogP contribution in [-0.2, 0) is 14.3 Å². The summed E-state index contributed by atoms with van der Waals surface area (Å²) in [5, 5.41) is 14.7. The third-order valence-corrected chi connectivity index (χ3v) is 3.85. The normalized spacial score (nSPS) is 16.5. The van der Waals surface area contributed by atoms with Crippen LogP contribution >= 0.6 is 0 Å². The maximum absolute atomic E-state index is 12.6. The molecule has 1 aromatic heterocycles. The number of nitrogens with one attached hydrogen (secondary N) is 1. The number of hydrogen-bond acceptors (Lipinski definition) is 7. The number of hydrogen-bond donors (Lipinski definition) is 1. The predicted octanol–water partition coefficient (Wildman–Crippen LogP) is 1.46. The Morgan fingerprint density at radius 2 is 2.00 bits per heavy atom. The first-order chi connectivity index (χ1) is 11.6. The lowest BCUT2D eigenvalue weighted by molar-refractivity contribution is -0.140. The molecule has 0 aliphatic carbocycles. The number of tetrazole rings is 1. The molecule has 1 aliphatic rings. The number of anilines is 1. The van der Waals surface area contributed by atoms with Crippen LogP contribution < -0.4 is 5.32 Å². The second-order valence-corrected chi connectivity index (χ2v) is 5.55. The van der Waals surface area contributed by atoms with E-state index in [1.54, 1.807) is 11.8 Å². The van der Waals surface area contributed by atoms with Crippen LogP contribution in [0.2, 0.25) is 0 Å². The highest BCUT2D eigenvalue weighted by atomic mass is 16.6. The van der Waals surface area contributed by atoms with Crippen LogP contribution in [0.25, 0.3) is 0 Å². The molecule has 0 bridgehead atoms. The van der Waals surface area contributed by atoms with Gasteiger partial charge in [0.15, 0.2) is 0 Å². The van der Waals surface area contributed by atoms with Gasteiger partial charge in [-0.15, -0.1) is 0 Å². The summed E-state index contributed by atoms with van der Waals surface area (Å²) in [6.45, 7) is 4.36. The molecular formula is C16H19N5O3. The average molecular weight is 329 g/mol. The van der Waals surface area contributed by atoms with Crippen LogP contribution in [0.3, 0.4) is 0 Å². The Bertz CT molecular complexity index is 766. The van der Waals surface area contributed by atoms with E-state index in [-0.39, 0.29) is 6.61 Å². The summed E-state index contributed by atoms with van der Waals surface area (Å²) < 4.78 is 11.8. The second-order valence-electron chi connectivity index (χ2n) is 5.55. The molecule has 1 atom stereocenters. The van der Waals surface area contributed by atoms with Crippen LogP contribution in [-0.4, -0.2) is 46.5 Å². The van der Waals surface area contributed by atoms with Crippen molar-refractivity contribution in [2.45, 2.75) is 19.9 Å². The van der Waals surface area contributed by atoms with E-state index in [9.17, 15) is 4.79 Å². The topological polar surface area (TPSA) is 91.2 Å². The molecule has 126 valence electrons. The third-order valence-electron chi connectivity index (χ3n) is 3.85. The molecule has 2 heterocycles. The molecule has 2 aromatic rings. The van der Waals surface area contributed by atoms with Gasteiger partial charge in [0.2, 0.25) is 5.95 Å². The maximum Gasteiger partial charge on any atom is 0.338 e. The molecule has 0 fully saturated rings. The maximum atomic E-state index is 12.6. The van der Waals surface area contributed by atoms with Crippen molar-refractivity contribution >= 4 is 11.9 Å². The van der Waals surface area contributed by atoms with Crippen molar-refractivity contribution in [1.82, 2.24) is 20.2 Å². The van der Waals surface area contributed by atoms with Crippen LogP contribution in [0.15, 0.2) is 35.5 Å². The zero-order valence-electron chi connectivity index (χ0n) is 13.8. The molecule has 0 saturated carbocycles. The van der Waals surface area contributed by atoms with E-state index < -0.39 is 12.0 Å². The third kappa shape index (κ3) is 3.00. The zero-order chi connectivity index (χ0) is 17.1. The summed E-state index contributed by atoms with van der Waals surface area (Å²) in [5.41, 5.74) is 3.20. The molecule has 8 heteroatoms. The SMILES string of the molecule is COCCOC(=O)C1=C(C)Nc2nnnn2[C@@H]1c1ccc(C)cc1. The summed E-state index contributed by atoms with van der Waals surface area (Å²) >= 11 is 0. The number of aromatic nitrogens is 4. The van der Waals surface area contributed by atoms with Gasteiger partial charge in [0.05, 0.1) is 12.2 Å². The largest absolute Gasteiger partial charge is 0.460 e. The summed E-state index contributed by atoms with van der Waals surface area (Å²) in [6.07, 6.45) is 0. The van der Waals surface area contributed by atoms with Gasteiger partial charge in [0, 0.05) is 12.8 Å². The molecule has 1 N–H and O–H groups in total. The summed E-state index contributed by atoms with van der Waals surface area (Å²) in [7, 11) is 1.56. The molecule has 0 saturated heterocycles. The Hall–Kier alpha value is -2.74. The Labute approximate surface area is 139 Å². The van der Waals surface area contributed by atoms with E-state index in [2.05, 4.69) is 20.8 Å². The fraction of sp³-hybridized carbons (Fsp3) is 0.375. The standard InChI is InChI=1S/C16H19N5O3/c1-10-4-6-12(7-5-10)14-13(15(22)24-9-8-23-3)11(2)17-16-18-19-20-21(14)16/h4-7,14H,8-9H2,1-3H3,(H,17,18,20)/t14-/m1/s1. The molecule has 0 amide bonds. The minimum absolute atomic E-state index is 0.190. The molecule has 0 spiro atoms. The highest BCUT2D eigenvalue weighted by Gasteiger charge is 2.34. The van der Waals surface area contributed by atoms with E-state index >= 15 is 0 Å². The number of carbonyl (C=O) groups excluding carboxylic acids is 1. The van der Waals surface area contributed by atoms with Crippen molar-refractivity contribution in [3.8, 4) is 0 Å². The Balaban J connectivity index is 2.00. The first kappa shape index (κ1) is 16.1. The van der Waals surface area contributed by atoms with Gasteiger partial charge in [-0.2, -0.15) is 4.68 Å². The summed E-state index contributed by atoms with van der Waals surface area (Å²) in [6, 6.07) is 7.47. The number of ether oxygens (including phenoxy) is 2. The van der Waals surface area contributed by atoms with E-state index in [1.807, 2.05) is 38.1 Å². The van der Waals surface area contributed by atoms with Gasteiger partial charge in [-0.25, -0.2) is 4.79 Å². The number of esters is 1. The van der Waals surface area contributed by atoms with Crippen molar-refractivity contribution in [1.29, 1.82) is 0 Å². The van der Waals surface area contributed by atoms with Crippen molar-refractivity contribution in [3.63, 3.8) is 0 Å². The van der Waals surface area contributed by atoms with Gasteiger partial charge in [-0.3, -0.25) is 0 Å². The quantitative estimate of drug-likeness (QED) is 0.656. The van der Waals surface area contributed by atoms with Gasteiger partial charge in [-0.05, 0) is 29.8 Å². The van der Waals surface area contributed by atoms with Crippen LogP contribution in [0.5, 0.6) is 0 Å². The zero-order valence-corrected chi connectivity index (χ0v) is 13.8. The number of carbonyl (C=O) groups is 1. The molecule has 3 rings (SSSR count). The molecule has 8 nitrogen and oxygen atoms in total. The van der Waals surface area contributed by atoms with Crippen molar-refractivity contribution in [3.05, 3.63) is 46.7 Å². The Morgan fingerprint density at radius 1 is 1.25 bits per heavy atom. The van der Waals surface area contributed by atoms with Gasteiger partial charge in [0.1, 0.15) is 12.6 Å². The number of fused-ring (bicyclic) bond motifs is 1. The fourth-order valence-electron chi connectivity index (χ4n) is 2.63. The number of benzene rings is 1. The Morgan fingerprint density at radius 3 is 2.71 bits per heavy atom. The van der Waals surface area contributed by atoms with Crippen molar-refractivity contribution in [2.24, 2.45) is 0 Å². The van der Waals surface area contributed by atoms with Gasteiger partial charge in [0.25, 0.3) is 0 Å². The first-order valence-electron chi connectivity index (χ1n) is 7.60. The number of methoxy groups -OCH3 is 1. The number of aryl methyl sites for hydroxylation is 1. The fourth-order valence-corrected chi connectivity index (χ4v) is 2.63. The lowest BCUT2D eigenvalue weighted by Crippen LogP contribution is -2.30. The highest BCUT2D eigenvalue weighted by molar-refractivity contribution is 5.92. The number of nitrogens with zero attached hydrogens (tertiary/aromatic N) is 4. The summed E-state index contributed by atoms with van der Waals surface area (Å²) in [5.74, 6) is 0.0790. The number of rotatable bonds is 5. The van der Waals surface area contributed by atoms with Crippen LogP contribution in [0.1, 0.15) is 24.1 Å². The lowest BCUT2D eigenvalue weighted by atomic mass is 9.95. The van der Waals surface area contributed by atoms with Crippen LogP contribution in [0.4, 0.5) is 5.95 Å². The highest BCUT2D eigenvalue weighted by Crippen LogP contribution is 2.34. The van der Waals surface area contributed by atoms with Crippen molar-refractivity contribution < 1.29 is 14.3 Å². The van der Waals surface area contributed by atoms with Gasteiger partial charge < -0.3 is 14.8 Å². The lowest BCUT2D eigenvalue weighted by Gasteiger charge is -2.27. The van der Waals surface area contributed by atoms with E-state index in [1.165, 1.54) is 0 Å². The number of allylic oxidation sites excluding steroid dienone is 1. The minimum atomic E-state index is -0.438. The summed E-state index contributed by atoms with van der Waals surface area (Å²) in [4.78, 5) is 12.6. The minimum Gasteiger partial charge on any atom is -0.460 e. The first-order valence-corrected chi connectivity index (χ1v) is 7.60. The molecule has 0 radical (unpaired) electrons. The molecule has 24 heavy (non-hydrogen) atoms. The van der Waals surface area contributed by atoms with Gasteiger partial charge in [-0.1, -0.05) is 34.9 Å². The van der Waals surface area contributed by atoms with E-state index in [0.717, 1.165) is 11.1 Å². The molecular weight excluding hydrogens is 310 g/mol. The average Bonchev–Trinajstić information content (AvgIpc) is 3.02. The van der Waals surface area contributed by atoms with Gasteiger partial charge >= 0.3 is 5.97 Å². The monoisotopic (exact) mass is 329 g/mol. The van der Waals surface area contributed by atoms with Crippen molar-refractivity contribution in [2.75, 3.05) is 25.6 Å². The molecule has 0 unspecified atom stereocenters. The smallest absolute Gasteiger partial charge is 0.338 e. The molecule has 1 aliphatic heterocycles. The Kier molecular flexibility index (Phi) is 4.57. The molecule has 1 aromatic carbocycles. The second kappa shape index (κ2) is 6.79. The predicted molar refractivity (Wildman–Crippen MR) is 86.3 cm³/mol.